The highest BCUT2D eigenvalue weighted by Gasteiger charge is 2.21. The van der Waals surface area contributed by atoms with E-state index in [0.29, 0.717) is 28.9 Å². The zero-order valence-electron chi connectivity index (χ0n) is 29.2. The van der Waals surface area contributed by atoms with Crippen molar-refractivity contribution in [1.29, 1.82) is 0 Å². The fraction of sp³-hybridized carbons (Fsp3) is 0.474. The molecule has 2 aromatic carbocycles. The summed E-state index contributed by atoms with van der Waals surface area (Å²) in [6.07, 6.45) is 7.14. The Bertz CT molecular complexity index is 1390. The third-order valence-electron chi connectivity index (χ3n) is 8.19. The molecule has 0 saturated heterocycles. The van der Waals surface area contributed by atoms with E-state index in [1.54, 1.807) is 0 Å². The summed E-state index contributed by atoms with van der Waals surface area (Å²) < 4.78 is 5.74. The summed E-state index contributed by atoms with van der Waals surface area (Å²) in [6, 6.07) is 18.0. The van der Waals surface area contributed by atoms with Crippen molar-refractivity contribution in [3.05, 3.63) is 84.3 Å². The van der Waals surface area contributed by atoms with Crippen LogP contribution in [-0.2, 0) is 11.2 Å². The van der Waals surface area contributed by atoms with E-state index in [1.165, 1.54) is 11.8 Å². The standard InChI is InChI=1S/C30H45N5O3.C8H10/c1-9-20(5)16-17-35(8)27(29(37)34-25(11-3)12-4)33-22(7)23-14-13-15-24(18-23)30-31-19-26(38-30)28(36)32-21(6)10-2;1-2-8-6-4-3-5-7-8/h13-15,18-21,25H,7,9-12,16-17H2,1-6,8H3,(H,32,36)(H,34,37);3-7H,2H2,1H3/t20-,21?;/m1./s1. The Hall–Kier alpha value is -4.20. The molecule has 0 spiro atoms. The second-order valence-electron chi connectivity index (χ2n) is 11.8. The summed E-state index contributed by atoms with van der Waals surface area (Å²) in [6.45, 7) is 19.5. The van der Waals surface area contributed by atoms with Crippen LogP contribution < -0.4 is 10.6 Å². The van der Waals surface area contributed by atoms with Gasteiger partial charge in [0.25, 0.3) is 11.8 Å². The van der Waals surface area contributed by atoms with E-state index < -0.39 is 0 Å². The Labute approximate surface area is 276 Å². The zero-order chi connectivity index (χ0) is 34.1. The van der Waals surface area contributed by atoms with Gasteiger partial charge in [-0.2, -0.15) is 0 Å². The van der Waals surface area contributed by atoms with Crippen molar-refractivity contribution in [3.8, 4) is 11.5 Å². The van der Waals surface area contributed by atoms with Gasteiger partial charge < -0.3 is 20.0 Å². The summed E-state index contributed by atoms with van der Waals surface area (Å²) >= 11 is 0. The predicted octanol–water partition coefficient (Wildman–Crippen LogP) is 8.16. The van der Waals surface area contributed by atoms with Crippen LogP contribution in [0.15, 0.2) is 76.8 Å². The molecule has 1 unspecified atom stereocenters. The van der Waals surface area contributed by atoms with Crippen LogP contribution in [-0.4, -0.2) is 53.2 Å². The molecule has 0 aliphatic carbocycles. The van der Waals surface area contributed by atoms with Crippen LogP contribution in [0.4, 0.5) is 0 Å². The van der Waals surface area contributed by atoms with Crippen molar-refractivity contribution in [2.75, 3.05) is 13.6 Å². The number of oxazole rings is 1. The maximum Gasteiger partial charge on any atom is 0.288 e. The van der Waals surface area contributed by atoms with Crippen LogP contribution in [0.5, 0.6) is 0 Å². The molecule has 1 aromatic heterocycles. The molecule has 1 heterocycles. The maximum atomic E-state index is 13.3. The van der Waals surface area contributed by atoms with E-state index in [0.717, 1.165) is 50.6 Å². The minimum atomic E-state index is -0.295. The lowest BCUT2D eigenvalue weighted by molar-refractivity contribution is -0.116. The normalized spacial score (nSPS) is 12.5. The first-order valence-corrected chi connectivity index (χ1v) is 16.8. The first kappa shape index (κ1) is 38.0. The largest absolute Gasteiger partial charge is 0.431 e. The summed E-state index contributed by atoms with van der Waals surface area (Å²) in [5, 5.41) is 5.99. The number of nitrogens with one attached hydrogen (secondary N) is 2. The highest BCUT2D eigenvalue weighted by Crippen LogP contribution is 2.24. The molecule has 0 radical (unpaired) electrons. The molecule has 0 saturated carbocycles. The Kier molecular flexibility index (Phi) is 16.5. The third kappa shape index (κ3) is 12.3. The molecule has 3 aromatic rings. The molecule has 0 bridgehead atoms. The van der Waals surface area contributed by atoms with Crippen LogP contribution in [0.1, 0.15) is 102 Å². The maximum absolute atomic E-state index is 13.3. The summed E-state index contributed by atoms with van der Waals surface area (Å²) in [7, 11) is 1.90. The molecule has 2 N–H and O–H groups in total. The Morgan fingerprint density at radius 2 is 1.63 bits per heavy atom. The highest BCUT2D eigenvalue weighted by atomic mass is 16.4. The topological polar surface area (TPSA) is 99.8 Å². The average Bonchev–Trinajstić information content (AvgIpc) is 3.59. The summed E-state index contributed by atoms with van der Waals surface area (Å²) in [4.78, 5) is 36.6. The second-order valence-corrected chi connectivity index (χ2v) is 11.8. The lowest BCUT2D eigenvalue weighted by Gasteiger charge is -2.24. The minimum absolute atomic E-state index is 0.0419. The number of hydrogen-bond acceptors (Lipinski definition) is 5. The first-order valence-electron chi connectivity index (χ1n) is 16.8. The molecular weight excluding hydrogens is 574 g/mol. The second kappa shape index (κ2) is 20.0. The van der Waals surface area contributed by atoms with Crippen LogP contribution in [0.2, 0.25) is 0 Å². The van der Waals surface area contributed by atoms with E-state index in [9.17, 15) is 9.59 Å². The third-order valence-corrected chi connectivity index (χ3v) is 8.19. The van der Waals surface area contributed by atoms with E-state index >= 15 is 0 Å². The van der Waals surface area contributed by atoms with Gasteiger partial charge >= 0.3 is 0 Å². The molecule has 3 rings (SSSR count). The molecule has 46 heavy (non-hydrogen) atoms. The van der Waals surface area contributed by atoms with Crippen LogP contribution >= 0.6 is 0 Å². The molecule has 250 valence electrons. The van der Waals surface area contributed by atoms with Crippen molar-refractivity contribution >= 4 is 23.3 Å². The fourth-order valence-corrected chi connectivity index (χ4v) is 4.42. The number of hydrogen-bond donors (Lipinski definition) is 2. The van der Waals surface area contributed by atoms with Crippen molar-refractivity contribution in [1.82, 2.24) is 20.5 Å². The van der Waals surface area contributed by atoms with E-state index in [1.807, 2.05) is 56.1 Å². The average molecular weight is 630 g/mol. The van der Waals surface area contributed by atoms with E-state index in [-0.39, 0.29) is 29.7 Å². The number of aliphatic imine (C=N–C) groups is 1. The predicted molar refractivity (Wildman–Crippen MR) is 191 cm³/mol. The number of likely N-dealkylation sites (N-methyl/N-ethyl adjacent to an activating group) is 1. The quantitative estimate of drug-likeness (QED) is 0.138. The number of amides is 2. The zero-order valence-corrected chi connectivity index (χ0v) is 29.2. The molecular formula is C38H55N5O3. The molecule has 2 amide bonds. The van der Waals surface area contributed by atoms with Crippen LogP contribution in [0.3, 0.4) is 0 Å². The van der Waals surface area contributed by atoms with Gasteiger partial charge in [0.15, 0.2) is 5.84 Å². The van der Waals surface area contributed by atoms with Gasteiger partial charge in [0.1, 0.15) is 0 Å². The molecule has 8 heteroatoms. The van der Waals surface area contributed by atoms with Gasteiger partial charge in [-0.1, -0.05) is 97.0 Å². The smallest absolute Gasteiger partial charge is 0.288 e. The molecule has 0 aliphatic heterocycles. The SMILES string of the molecule is C=C(N=C(C(=O)NC(CC)CC)N(C)CC[C@H](C)CC)c1cccc(-c2ncc(C(=O)NC(C)CC)o2)c1.CCc1ccccc1. The Balaban J connectivity index is 0.000000797. The number of benzene rings is 2. The first-order chi connectivity index (χ1) is 22.1. The van der Waals surface area contributed by atoms with Gasteiger partial charge in [-0.15, -0.1) is 0 Å². The van der Waals surface area contributed by atoms with Crippen LogP contribution in [0, 0.1) is 5.92 Å². The van der Waals surface area contributed by atoms with Crippen molar-refractivity contribution in [2.24, 2.45) is 10.9 Å². The van der Waals surface area contributed by atoms with E-state index in [4.69, 9.17) is 9.41 Å². The summed E-state index contributed by atoms with van der Waals surface area (Å²) in [5.41, 5.74) is 3.29. The fourth-order valence-electron chi connectivity index (χ4n) is 4.42. The number of aromatic nitrogens is 1. The molecule has 2 atom stereocenters. The monoisotopic (exact) mass is 629 g/mol. The van der Waals surface area contributed by atoms with Crippen molar-refractivity contribution in [2.45, 2.75) is 99.1 Å². The molecule has 8 nitrogen and oxygen atoms in total. The number of amidine groups is 1. The minimum Gasteiger partial charge on any atom is -0.431 e. The van der Waals surface area contributed by atoms with Crippen molar-refractivity contribution < 1.29 is 14.0 Å². The Morgan fingerprint density at radius 3 is 2.22 bits per heavy atom. The van der Waals surface area contributed by atoms with Gasteiger partial charge in [0.2, 0.25) is 11.7 Å². The van der Waals surface area contributed by atoms with Gasteiger partial charge in [0.05, 0.1) is 11.9 Å². The lowest BCUT2D eigenvalue weighted by Crippen LogP contribution is -2.45. The number of rotatable bonds is 14. The number of aryl methyl sites for hydroxylation is 1. The van der Waals surface area contributed by atoms with Gasteiger partial charge in [-0.25, -0.2) is 9.98 Å². The lowest BCUT2D eigenvalue weighted by atomic mass is 10.1. The number of carbonyl (C=O) groups excluding carboxylic acids is 2. The van der Waals surface area contributed by atoms with E-state index in [2.05, 4.69) is 81.1 Å². The van der Waals surface area contributed by atoms with Gasteiger partial charge in [0, 0.05) is 36.8 Å². The van der Waals surface area contributed by atoms with Gasteiger partial charge in [-0.05, 0) is 62.6 Å². The highest BCUT2D eigenvalue weighted by molar-refractivity contribution is 6.38. The Morgan fingerprint density at radius 1 is 0.935 bits per heavy atom. The van der Waals surface area contributed by atoms with Gasteiger partial charge in [-0.3, -0.25) is 9.59 Å². The molecule has 0 fully saturated rings. The van der Waals surface area contributed by atoms with Crippen LogP contribution in [0.25, 0.3) is 17.2 Å². The number of carbonyl (C=O) groups is 2. The van der Waals surface area contributed by atoms with Crippen molar-refractivity contribution in [3.63, 3.8) is 0 Å². The number of nitrogens with zero attached hydrogens (tertiary/aromatic N) is 3. The molecule has 0 aliphatic rings. The summed E-state index contributed by atoms with van der Waals surface area (Å²) in [5.74, 6) is 0.889.